The number of carbonyl (C=O) groups excluding carboxylic acids is 1. The molecule has 142 valence electrons. The summed E-state index contributed by atoms with van der Waals surface area (Å²) in [5.74, 6) is 0.145. The number of hydrogen-bond donors (Lipinski definition) is 0. The maximum absolute atomic E-state index is 11.6. The Labute approximate surface area is 157 Å². The third kappa shape index (κ3) is 3.62. The van der Waals surface area contributed by atoms with Gasteiger partial charge in [-0.3, -0.25) is 4.79 Å². The second-order valence-corrected chi connectivity index (χ2v) is 8.53. The molecule has 26 heavy (non-hydrogen) atoms. The van der Waals surface area contributed by atoms with Crippen molar-refractivity contribution in [3.05, 3.63) is 24.3 Å². The molecule has 1 aromatic rings. The molecule has 2 aliphatic rings. The number of benzene rings is 1. The van der Waals surface area contributed by atoms with Gasteiger partial charge in [-0.1, -0.05) is 12.1 Å². The average molecular weight is 358 g/mol. The van der Waals surface area contributed by atoms with Crippen molar-refractivity contribution in [2.24, 2.45) is 0 Å². The van der Waals surface area contributed by atoms with E-state index < -0.39 is 0 Å². The monoisotopic (exact) mass is 358 g/mol. The Hall–Kier alpha value is -1.53. The molecule has 2 fully saturated rings. The zero-order valence-electron chi connectivity index (χ0n) is 16.9. The number of hydrogen-bond acceptors (Lipinski definition) is 4. The van der Waals surface area contributed by atoms with Gasteiger partial charge in [0.2, 0.25) is 5.91 Å². The third-order valence-electron chi connectivity index (χ3n) is 6.27. The third-order valence-corrected chi connectivity index (χ3v) is 6.27. The summed E-state index contributed by atoms with van der Waals surface area (Å²) < 4.78 is 12.4. The summed E-state index contributed by atoms with van der Waals surface area (Å²) in [7, 11) is 1.57. The van der Waals surface area contributed by atoms with Crippen LogP contribution in [0.1, 0.15) is 47.5 Å². The lowest BCUT2D eigenvalue weighted by molar-refractivity contribution is -0.129. The largest absolute Gasteiger partial charge is 0.494 e. The summed E-state index contributed by atoms with van der Waals surface area (Å²) in [4.78, 5) is 15.8. The highest BCUT2D eigenvalue weighted by atomic mass is 16.7. The quantitative estimate of drug-likeness (QED) is 0.779. The average Bonchev–Trinajstić information content (AvgIpc) is 2.82. The first-order valence-electron chi connectivity index (χ1n) is 9.55. The lowest BCUT2D eigenvalue weighted by Gasteiger charge is -2.37. The van der Waals surface area contributed by atoms with Crippen LogP contribution in [0, 0.1) is 0 Å². The summed E-state index contributed by atoms with van der Waals surface area (Å²) in [5.41, 5.74) is 1.59. The van der Waals surface area contributed by atoms with Gasteiger partial charge < -0.3 is 19.1 Å². The topological polar surface area (TPSA) is 42.0 Å². The minimum absolute atomic E-state index is 0.145. The van der Waals surface area contributed by atoms with E-state index in [0.29, 0.717) is 6.04 Å². The number of piperidine rings is 1. The van der Waals surface area contributed by atoms with Gasteiger partial charge in [0.25, 0.3) is 0 Å². The van der Waals surface area contributed by atoms with Gasteiger partial charge in [0.05, 0.1) is 11.2 Å². The molecule has 0 aliphatic carbocycles. The van der Waals surface area contributed by atoms with Crippen LogP contribution < -0.4 is 10.4 Å². The smallest absolute Gasteiger partial charge is 0.399 e. The molecule has 6 heteroatoms. The standard InChI is InChI=1S/C20H31BN2O3/c1-15(24)22(6)17-10-12-23(13-11-17)18-9-7-8-16(14-18)21-25-19(2,3)20(4,5)26-21/h7-9,14,17H,10-13H2,1-6H3. The minimum Gasteiger partial charge on any atom is -0.399 e. The van der Waals surface area contributed by atoms with E-state index in [1.807, 2.05) is 11.9 Å². The van der Waals surface area contributed by atoms with Gasteiger partial charge >= 0.3 is 7.12 Å². The van der Waals surface area contributed by atoms with Gasteiger partial charge in [0.1, 0.15) is 0 Å². The van der Waals surface area contributed by atoms with Crippen LogP contribution in [0.5, 0.6) is 0 Å². The first-order valence-corrected chi connectivity index (χ1v) is 9.55. The molecule has 0 unspecified atom stereocenters. The molecule has 0 spiro atoms. The fraction of sp³-hybridized carbons (Fsp3) is 0.650. The first kappa shape index (κ1) is 19.2. The minimum atomic E-state index is -0.332. The van der Waals surface area contributed by atoms with Crippen molar-refractivity contribution in [2.45, 2.75) is 64.7 Å². The predicted molar refractivity (Wildman–Crippen MR) is 106 cm³/mol. The zero-order chi connectivity index (χ0) is 19.1. The van der Waals surface area contributed by atoms with Gasteiger partial charge in [0, 0.05) is 38.8 Å². The highest BCUT2D eigenvalue weighted by molar-refractivity contribution is 6.62. The van der Waals surface area contributed by atoms with E-state index in [-0.39, 0.29) is 24.2 Å². The number of anilines is 1. The molecular formula is C20H31BN2O3. The Morgan fingerprint density at radius 2 is 1.73 bits per heavy atom. The van der Waals surface area contributed by atoms with Crippen molar-refractivity contribution >= 4 is 24.2 Å². The summed E-state index contributed by atoms with van der Waals surface area (Å²) in [6, 6.07) is 8.81. The van der Waals surface area contributed by atoms with Crippen molar-refractivity contribution in [3.8, 4) is 0 Å². The molecule has 0 radical (unpaired) electrons. The van der Waals surface area contributed by atoms with E-state index in [4.69, 9.17) is 9.31 Å². The van der Waals surface area contributed by atoms with Crippen molar-refractivity contribution in [1.29, 1.82) is 0 Å². The summed E-state index contributed by atoms with van der Waals surface area (Å²) in [6.07, 6.45) is 1.99. The molecule has 1 amide bonds. The molecule has 0 bridgehead atoms. The van der Waals surface area contributed by atoms with Crippen molar-refractivity contribution in [2.75, 3.05) is 25.0 Å². The van der Waals surface area contributed by atoms with Gasteiger partial charge in [-0.2, -0.15) is 0 Å². The number of carbonyl (C=O) groups is 1. The van der Waals surface area contributed by atoms with Gasteiger partial charge in [-0.25, -0.2) is 0 Å². The van der Waals surface area contributed by atoms with Crippen LogP contribution in [0.25, 0.3) is 0 Å². The fourth-order valence-electron chi connectivity index (χ4n) is 3.62. The van der Waals surface area contributed by atoms with E-state index in [1.54, 1.807) is 6.92 Å². The zero-order valence-corrected chi connectivity index (χ0v) is 16.9. The molecule has 2 heterocycles. The van der Waals surface area contributed by atoms with Crippen molar-refractivity contribution in [3.63, 3.8) is 0 Å². The highest BCUT2D eigenvalue weighted by Gasteiger charge is 2.51. The Balaban J connectivity index is 1.69. The molecule has 0 N–H and O–H groups in total. The molecule has 1 aromatic carbocycles. The number of amides is 1. The van der Waals surface area contributed by atoms with Crippen LogP contribution in [0.3, 0.4) is 0 Å². The molecule has 5 nitrogen and oxygen atoms in total. The molecule has 2 aliphatic heterocycles. The summed E-state index contributed by atoms with van der Waals surface area (Å²) in [5, 5.41) is 0. The normalized spacial score (nSPS) is 22.5. The second kappa shape index (κ2) is 6.89. The lowest BCUT2D eigenvalue weighted by atomic mass is 9.79. The van der Waals surface area contributed by atoms with Crippen molar-refractivity contribution < 1.29 is 14.1 Å². The van der Waals surface area contributed by atoms with E-state index in [0.717, 1.165) is 31.4 Å². The molecule has 0 aromatic heterocycles. The van der Waals surface area contributed by atoms with Gasteiger partial charge in [-0.15, -0.1) is 0 Å². The maximum Gasteiger partial charge on any atom is 0.494 e. The van der Waals surface area contributed by atoms with E-state index in [2.05, 4.69) is 56.9 Å². The summed E-state index contributed by atoms with van der Waals surface area (Å²) in [6.45, 7) is 11.9. The van der Waals surface area contributed by atoms with Crippen LogP contribution in [0.2, 0.25) is 0 Å². The van der Waals surface area contributed by atoms with Crippen molar-refractivity contribution in [1.82, 2.24) is 4.90 Å². The van der Waals surface area contributed by atoms with Crippen LogP contribution in [0.4, 0.5) is 5.69 Å². The highest BCUT2D eigenvalue weighted by Crippen LogP contribution is 2.36. The Bertz CT molecular complexity index is 653. The molecular weight excluding hydrogens is 327 g/mol. The van der Waals surface area contributed by atoms with E-state index in [1.165, 1.54) is 5.69 Å². The van der Waals surface area contributed by atoms with Crippen LogP contribution in [-0.4, -0.2) is 55.3 Å². The molecule has 0 saturated carbocycles. The molecule has 2 saturated heterocycles. The van der Waals surface area contributed by atoms with Gasteiger partial charge in [-0.05, 0) is 58.1 Å². The SMILES string of the molecule is CC(=O)N(C)C1CCN(c2cccc(B3OC(C)(C)C(C)(C)O3)c2)CC1. The predicted octanol–water partition coefficient (Wildman–Crippen LogP) is 2.43. The van der Waals surface area contributed by atoms with Crippen LogP contribution >= 0.6 is 0 Å². The van der Waals surface area contributed by atoms with Crippen LogP contribution in [0.15, 0.2) is 24.3 Å². The number of rotatable bonds is 3. The Kier molecular flexibility index (Phi) is 5.10. The second-order valence-electron chi connectivity index (χ2n) is 8.53. The van der Waals surface area contributed by atoms with E-state index in [9.17, 15) is 4.79 Å². The Morgan fingerprint density at radius 1 is 1.15 bits per heavy atom. The summed E-state index contributed by atoms with van der Waals surface area (Å²) >= 11 is 0. The molecule has 3 rings (SSSR count). The maximum atomic E-state index is 11.6. The first-order chi connectivity index (χ1) is 12.1. The fourth-order valence-corrected chi connectivity index (χ4v) is 3.62. The van der Waals surface area contributed by atoms with Crippen LogP contribution in [-0.2, 0) is 14.1 Å². The van der Waals surface area contributed by atoms with Gasteiger partial charge in [0.15, 0.2) is 0 Å². The molecule has 0 atom stereocenters. The van der Waals surface area contributed by atoms with E-state index >= 15 is 0 Å². The number of nitrogens with zero attached hydrogens (tertiary/aromatic N) is 2. The lowest BCUT2D eigenvalue weighted by Crippen LogP contribution is -2.45. The Morgan fingerprint density at radius 3 is 2.27 bits per heavy atom.